The summed E-state index contributed by atoms with van der Waals surface area (Å²) in [6, 6.07) is 4.38. The molecule has 2 aliphatic rings. The van der Waals surface area contributed by atoms with Crippen LogP contribution in [-0.4, -0.2) is 23.2 Å². The van der Waals surface area contributed by atoms with Gasteiger partial charge in [0.1, 0.15) is 5.82 Å². The van der Waals surface area contributed by atoms with Gasteiger partial charge < -0.3 is 10.4 Å². The number of aliphatic hydroxyl groups excluding tert-OH is 1. The molecule has 2 fully saturated rings. The SMILES string of the molecule is O=C(NC1CCCCC1O)C1(c2ccc(F)c(Cl)c2)C[CH]CCC1. The van der Waals surface area contributed by atoms with E-state index in [0.717, 1.165) is 44.1 Å². The number of benzene rings is 1. The molecule has 2 saturated carbocycles. The van der Waals surface area contributed by atoms with E-state index < -0.39 is 17.3 Å². The molecule has 131 valence electrons. The van der Waals surface area contributed by atoms with Gasteiger partial charge in [-0.1, -0.05) is 43.4 Å². The van der Waals surface area contributed by atoms with Gasteiger partial charge in [0.2, 0.25) is 5.91 Å². The molecule has 1 aromatic rings. The molecule has 0 saturated heterocycles. The Bertz CT molecular complexity index is 601. The van der Waals surface area contributed by atoms with Crippen LogP contribution in [0.4, 0.5) is 4.39 Å². The second kappa shape index (κ2) is 7.40. The van der Waals surface area contributed by atoms with Gasteiger partial charge in [0.15, 0.2) is 0 Å². The monoisotopic (exact) mass is 352 g/mol. The summed E-state index contributed by atoms with van der Waals surface area (Å²) in [6.07, 6.45) is 8.41. The Hall–Kier alpha value is -1.13. The predicted octanol–water partition coefficient (Wildman–Crippen LogP) is 3.91. The van der Waals surface area contributed by atoms with E-state index in [1.165, 1.54) is 6.07 Å². The van der Waals surface area contributed by atoms with E-state index in [0.29, 0.717) is 12.8 Å². The number of carbonyl (C=O) groups is 1. The first-order valence-corrected chi connectivity index (χ1v) is 9.17. The highest BCUT2D eigenvalue weighted by atomic mass is 35.5. The van der Waals surface area contributed by atoms with Crippen LogP contribution in [0.5, 0.6) is 0 Å². The largest absolute Gasteiger partial charge is 0.391 e. The zero-order valence-corrected chi connectivity index (χ0v) is 14.5. The predicted molar refractivity (Wildman–Crippen MR) is 92.3 cm³/mol. The van der Waals surface area contributed by atoms with Crippen molar-refractivity contribution in [1.29, 1.82) is 0 Å². The maximum atomic E-state index is 13.5. The van der Waals surface area contributed by atoms with Gasteiger partial charge in [-0.25, -0.2) is 4.39 Å². The fraction of sp³-hybridized carbons (Fsp3) is 0.579. The third-order valence-corrected chi connectivity index (χ3v) is 5.75. The van der Waals surface area contributed by atoms with Gasteiger partial charge in [-0.15, -0.1) is 0 Å². The Morgan fingerprint density at radius 3 is 2.75 bits per heavy atom. The summed E-state index contributed by atoms with van der Waals surface area (Å²) in [4.78, 5) is 13.2. The lowest BCUT2D eigenvalue weighted by molar-refractivity contribution is -0.129. The lowest BCUT2D eigenvalue weighted by Crippen LogP contribution is -2.53. The van der Waals surface area contributed by atoms with Gasteiger partial charge >= 0.3 is 0 Å². The molecular weight excluding hydrogens is 329 g/mol. The second-order valence-electron chi connectivity index (χ2n) is 7.03. The number of hydrogen-bond acceptors (Lipinski definition) is 2. The smallest absolute Gasteiger partial charge is 0.230 e. The molecule has 1 radical (unpaired) electrons. The van der Waals surface area contributed by atoms with Crippen molar-refractivity contribution in [3.63, 3.8) is 0 Å². The van der Waals surface area contributed by atoms with E-state index in [1.807, 2.05) is 0 Å². The Morgan fingerprint density at radius 2 is 2.08 bits per heavy atom. The normalized spacial score (nSPS) is 26.8. The van der Waals surface area contributed by atoms with Gasteiger partial charge in [-0.2, -0.15) is 0 Å². The minimum absolute atomic E-state index is 0.0444. The molecule has 3 nitrogen and oxygen atoms in total. The van der Waals surface area contributed by atoms with Crippen LogP contribution in [0.3, 0.4) is 0 Å². The van der Waals surface area contributed by atoms with Gasteiger partial charge in [0.05, 0.1) is 22.6 Å². The number of amides is 1. The van der Waals surface area contributed by atoms with Crippen molar-refractivity contribution in [1.82, 2.24) is 5.32 Å². The number of aliphatic hydroxyl groups is 1. The highest BCUT2D eigenvalue weighted by molar-refractivity contribution is 6.30. The quantitative estimate of drug-likeness (QED) is 0.866. The molecule has 2 N–H and O–H groups in total. The highest BCUT2D eigenvalue weighted by Gasteiger charge is 2.42. The third kappa shape index (κ3) is 3.45. The molecule has 0 heterocycles. The van der Waals surface area contributed by atoms with Crippen LogP contribution in [0.1, 0.15) is 56.9 Å². The van der Waals surface area contributed by atoms with Crippen LogP contribution in [0, 0.1) is 12.2 Å². The Kier molecular flexibility index (Phi) is 5.46. The van der Waals surface area contributed by atoms with Gasteiger partial charge in [-0.3, -0.25) is 4.79 Å². The van der Waals surface area contributed by atoms with E-state index in [2.05, 4.69) is 11.7 Å². The lowest BCUT2D eigenvalue weighted by Gasteiger charge is -2.39. The molecular formula is C19H24ClFNO2. The summed E-state index contributed by atoms with van der Waals surface area (Å²) in [6.45, 7) is 0. The minimum atomic E-state index is -0.716. The van der Waals surface area contributed by atoms with Gasteiger partial charge in [-0.05, 0) is 49.8 Å². The van der Waals surface area contributed by atoms with Crippen molar-refractivity contribution in [3.05, 3.63) is 41.0 Å². The standard InChI is InChI=1S/C19H24ClFNO2/c20-14-12-13(8-9-15(14)21)19(10-4-1-5-11-19)18(24)22-16-6-2-3-7-17(16)23/h4,8-9,12,16-17,23H,1-3,5-7,10-11H2,(H,22,24). The van der Waals surface area contributed by atoms with Crippen molar-refractivity contribution in [2.24, 2.45) is 0 Å². The summed E-state index contributed by atoms with van der Waals surface area (Å²) in [5.41, 5.74) is 0.0416. The fourth-order valence-corrected chi connectivity index (χ4v) is 4.16. The first-order valence-electron chi connectivity index (χ1n) is 8.79. The number of halogens is 2. The molecule has 3 atom stereocenters. The molecule has 0 spiro atoms. The van der Waals surface area contributed by atoms with Crippen LogP contribution < -0.4 is 5.32 Å². The van der Waals surface area contributed by atoms with Crippen LogP contribution >= 0.6 is 11.6 Å². The molecule has 1 aromatic carbocycles. The van der Waals surface area contributed by atoms with Crippen LogP contribution in [0.2, 0.25) is 5.02 Å². The maximum Gasteiger partial charge on any atom is 0.230 e. The van der Waals surface area contributed by atoms with Crippen molar-refractivity contribution in [3.8, 4) is 0 Å². The molecule has 0 aliphatic heterocycles. The molecule has 0 aromatic heterocycles. The Morgan fingerprint density at radius 1 is 1.29 bits per heavy atom. The summed E-state index contributed by atoms with van der Waals surface area (Å²) in [7, 11) is 0. The van der Waals surface area contributed by atoms with Crippen LogP contribution in [0.25, 0.3) is 0 Å². The Labute approximate surface area is 147 Å². The van der Waals surface area contributed by atoms with Crippen molar-refractivity contribution in [2.45, 2.75) is 68.9 Å². The average molecular weight is 353 g/mol. The van der Waals surface area contributed by atoms with Crippen LogP contribution in [-0.2, 0) is 10.2 Å². The molecule has 24 heavy (non-hydrogen) atoms. The number of carbonyl (C=O) groups excluding carboxylic acids is 1. The fourth-order valence-electron chi connectivity index (χ4n) is 3.98. The summed E-state index contributed by atoms with van der Waals surface area (Å²) >= 11 is 5.96. The molecule has 2 aliphatic carbocycles. The topological polar surface area (TPSA) is 49.3 Å². The van der Waals surface area contributed by atoms with Gasteiger partial charge in [0, 0.05) is 0 Å². The number of hydrogen-bond donors (Lipinski definition) is 2. The van der Waals surface area contributed by atoms with Crippen molar-refractivity contribution < 1.29 is 14.3 Å². The third-order valence-electron chi connectivity index (χ3n) is 5.46. The molecule has 5 heteroatoms. The number of nitrogens with one attached hydrogen (secondary N) is 1. The summed E-state index contributed by atoms with van der Waals surface area (Å²) in [5.74, 6) is -0.550. The Balaban J connectivity index is 1.87. The first-order chi connectivity index (χ1) is 11.5. The summed E-state index contributed by atoms with van der Waals surface area (Å²) in [5, 5.41) is 13.3. The number of rotatable bonds is 3. The van der Waals surface area contributed by atoms with Crippen LogP contribution in [0.15, 0.2) is 18.2 Å². The highest BCUT2D eigenvalue weighted by Crippen LogP contribution is 2.41. The van der Waals surface area contributed by atoms with Gasteiger partial charge in [0.25, 0.3) is 0 Å². The van der Waals surface area contributed by atoms with Crippen molar-refractivity contribution in [2.75, 3.05) is 0 Å². The second-order valence-corrected chi connectivity index (χ2v) is 7.43. The molecule has 1 amide bonds. The maximum absolute atomic E-state index is 13.5. The molecule has 0 bridgehead atoms. The first kappa shape index (κ1) is 17.7. The summed E-state index contributed by atoms with van der Waals surface area (Å²) < 4.78 is 13.5. The van der Waals surface area contributed by atoms with Crippen molar-refractivity contribution >= 4 is 17.5 Å². The van der Waals surface area contributed by atoms with E-state index >= 15 is 0 Å². The molecule has 3 unspecified atom stereocenters. The average Bonchev–Trinajstić information content (AvgIpc) is 2.60. The van der Waals surface area contributed by atoms with E-state index in [4.69, 9.17) is 11.6 Å². The van der Waals surface area contributed by atoms with E-state index in [9.17, 15) is 14.3 Å². The minimum Gasteiger partial charge on any atom is -0.391 e. The van der Waals surface area contributed by atoms with E-state index in [1.54, 1.807) is 12.1 Å². The zero-order valence-electron chi connectivity index (χ0n) is 13.7. The zero-order chi connectivity index (χ0) is 17.2. The van der Waals surface area contributed by atoms with E-state index in [-0.39, 0.29) is 17.0 Å². The lowest BCUT2D eigenvalue weighted by atomic mass is 9.68. The molecule has 3 rings (SSSR count).